The number of benzene rings is 2. The van der Waals surface area contributed by atoms with Gasteiger partial charge in [-0.15, -0.1) is 0 Å². The molecule has 0 aliphatic heterocycles. The van der Waals surface area contributed by atoms with Crippen molar-refractivity contribution in [1.29, 1.82) is 0 Å². The van der Waals surface area contributed by atoms with Gasteiger partial charge in [0.05, 0.1) is 10.6 Å². The van der Waals surface area contributed by atoms with Gasteiger partial charge in [-0.05, 0) is 35.9 Å². The fourth-order valence-corrected chi connectivity index (χ4v) is 3.08. The van der Waals surface area contributed by atoms with Crippen molar-refractivity contribution in [2.24, 2.45) is 5.73 Å². The Morgan fingerprint density at radius 3 is 2.24 bits per heavy atom. The molecule has 2 N–H and O–H groups in total. The quantitative estimate of drug-likeness (QED) is 0.922. The molecule has 112 valence electrons. The molecule has 0 fully saturated rings. The third-order valence-corrected chi connectivity index (χ3v) is 5.29. The van der Waals surface area contributed by atoms with Crippen LogP contribution in [0, 0.1) is 0 Å². The topological polar surface area (TPSA) is 63.4 Å². The summed E-state index contributed by atoms with van der Waals surface area (Å²) in [6, 6.07) is 14.8. The zero-order chi connectivity index (χ0) is 15.5. The minimum Gasteiger partial charge on any atom is -0.344 e. The SMILES string of the molecule is CCS(=O)(=O)c1ccc(N(C)c2ccccc2CN)cc1. The highest BCUT2D eigenvalue weighted by Gasteiger charge is 2.13. The molecule has 4 nitrogen and oxygen atoms in total. The van der Waals surface area contributed by atoms with Crippen LogP contribution in [-0.2, 0) is 16.4 Å². The normalized spacial score (nSPS) is 11.4. The van der Waals surface area contributed by atoms with Gasteiger partial charge in [-0.1, -0.05) is 25.1 Å². The lowest BCUT2D eigenvalue weighted by Gasteiger charge is -2.22. The van der Waals surface area contributed by atoms with Gasteiger partial charge in [-0.2, -0.15) is 0 Å². The van der Waals surface area contributed by atoms with Crippen molar-refractivity contribution in [2.75, 3.05) is 17.7 Å². The number of anilines is 2. The number of nitrogens with two attached hydrogens (primary N) is 1. The zero-order valence-corrected chi connectivity index (χ0v) is 13.1. The average molecular weight is 304 g/mol. The van der Waals surface area contributed by atoms with E-state index in [-0.39, 0.29) is 5.75 Å². The summed E-state index contributed by atoms with van der Waals surface area (Å²) in [5.41, 5.74) is 8.75. The fraction of sp³-hybridized carbons (Fsp3) is 0.250. The smallest absolute Gasteiger partial charge is 0.178 e. The van der Waals surface area contributed by atoms with E-state index in [4.69, 9.17) is 5.73 Å². The van der Waals surface area contributed by atoms with Crippen LogP contribution in [0.1, 0.15) is 12.5 Å². The van der Waals surface area contributed by atoms with Gasteiger partial charge in [-0.3, -0.25) is 0 Å². The van der Waals surface area contributed by atoms with E-state index in [2.05, 4.69) is 0 Å². The molecule has 0 spiro atoms. The highest BCUT2D eigenvalue weighted by atomic mass is 32.2. The van der Waals surface area contributed by atoms with Crippen LogP contribution in [0.5, 0.6) is 0 Å². The molecule has 0 aromatic heterocycles. The van der Waals surface area contributed by atoms with Gasteiger partial charge in [-0.25, -0.2) is 8.42 Å². The summed E-state index contributed by atoms with van der Waals surface area (Å²) in [4.78, 5) is 2.36. The van der Waals surface area contributed by atoms with Gasteiger partial charge in [0.25, 0.3) is 0 Å². The molecule has 0 heterocycles. The first-order valence-electron chi connectivity index (χ1n) is 6.84. The zero-order valence-electron chi connectivity index (χ0n) is 12.3. The number of sulfone groups is 1. The molecule has 0 bridgehead atoms. The van der Waals surface area contributed by atoms with Crippen LogP contribution < -0.4 is 10.6 Å². The van der Waals surface area contributed by atoms with Crippen molar-refractivity contribution >= 4 is 21.2 Å². The summed E-state index contributed by atoms with van der Waals surface area (Å²) in [6.07, 6.45) is 0. The number of nitrogens with zero attached hydrogens (tertiary/aromatic N) is 1. The van der Waals surface area contributed by atoms with Crippen molar-refractivity contribution in [1.82, 2.24) is 0 Å². The Kier molecular flexibility index (Phi) is 4.65. The lowest BCUT2D eigenvalue weighted by Crippen LogP contribution is -2.13. The molecule has 0 aliphatic rings. The molecule has 0 aliphatic carbocycles. The Morgan fingerprint density at radius 1 is 1.05 bits per heavy atom. The molecule has 0 amide bonds. The van der Waals surface area contributed by atoms with Crippen LogP contribution in [-0.4, -0.2) is 21.2 Å². The van der Waals surface area contributed by atoms with E-state index < -0.39 is 9.84 Å². The van der Waals surface area contributed by atoms with E-state index in [1.165, 1.54) is 0 Å². The van der Waals surface area contributed by atoms with Crippen LogP contribution in [0.25, 0.3) is 0 Å². The summed E-state index contributed by atoms with van der Waals surface area (Å²) in [6.45, 7) is 2.11. The predicted octanol–water partition coefficient (Wildman–Crippen LogP) is 2.71. The van der Waals surface area contributed by atoms with Gasteiger partial charge in [0.2, 0.25) is 0 Å². The summed E-state index contributed by atoms with van der Waals surface area (Å²) in [7, 11) is -1.21. The van der Waals surface area contributed by atoms with Crippen molar-refractivity contribution < 1.29 is 8.42 Å². The minimum atomic E-state index is -3.16. The van der Waals surface area contributed by atoms with E-state index in [1.54, 1.807) is 19.1 Å². The first kappa shape index (κ1) is 15.5. The van der Waals surface area contributed by atoms with Crippen molar-refractivity contribution in [3.8, 4) is 0 Å². The molecule has 0 atom stereocenters. The summed E-state index contributed by atoms with van der Waals surface area (Å²) in [5.74, 6) is 0.109. The van der Waals surface area contributed by atoms with E-state index in [1.807, 2.05) is 48.3 Å². The molecule has 0 radical (unpaired) electrons. The highest BCUT2D eigenvalue weighted by molar-refractivity contribution is 7.91. The molecule has 5 heteroatoms. The average Bonchev–Trinajstić information content (AvgIpc) is 2.54. The van der Waals surface area contributed by atoms with Crippen LogP contribution in [0.15, 0.2) is 53.4 Å². The summed E-state index contributed by atoms with van der Waals surface area (Å²) >= 11 is 0. The van der Waals surface area contributed by atoms with E-state index in [0.717, 1.165) is 16.9 Å². The third-order valence-electron chi connectivity index (χ3n) is 3.54. The number of rotatable bonds is 5. The largest absolute Gasteiger partial charge is 0.344 e. The van der Waals surface area contributed by atoms with Gasteiger partial charge < -0.3 is 10.6 Å². The summed E-state index contributed by atoms with van der Waals surface area (Å²) in [5, 5.41) is 0. The Balaban J connectivity index is 2.34. The Labute approximate surface area is 126 Å². The Morgan fingerprint density at radius 2 is 1.67 bits per heavy atom. The van der Waals surface area contributed by atoms with Crippen LogP contribution in [0.2, 0.25) is 0 Å². The molecule has 2 rings (SSSR count). The predicted molar refractivity (Wildman–Crippen MR) is 86.6 cm³/mol. The Bertz CT molecular complexity index is 709. The van der Waals surface area contributed by atoms with Crippen molar-refractivity contribution in [3.63, 3.8) is 0 Å². The highest BCUT2D eigenvalue weighted by Crippen LogP contribution is 2.27. The van der Waals surface area contributed by atoms with Gasteiger partial charge in [0.1, 0.15) is 0 Å². The maximum absolute atomic E-state index is 11.8. The van der Waals surface area contributed by atoms with E-state index >= 15 is 0 Å². The second-order valence-electron chi connectivity index (χ2n) is 4.79. The number of hydrogen-bond donors (Lipinski definition) is 1. The van der Waals surface area contributed by atoms with Crippen molar-refractivity contribution in [3.05, 3.63) is 54.1 Å². The van der Waals surface area contributed by atoms with E-state index in [9.17, 15) is 8.42 Å². The second-order valence-corrected chi connectivity index (χ2v) is 7.07. The molecule has 2 aromatic rings. The maximum Gasteiger partial charge on any atom is 0.178 e. The van der Waals surface area contributed by atoms with E-state index in [0.29, 0.717) is 11.4 Å². The molecular weight excluding hydrogens is 284 g/mol. The first-order valence-corrected chi connectivity index (χ1v) is 8.49. The molecule has 0 saturated heterocycles. The fourth-order valence-electron chi connectivity index (χ4n) is 2.19. The molecule has 0 saturated carbocycles. The second kappa shape index (κ2) is 6.28. The number of hydrogen-bond acceptors (Lipinski definition) is 4. The Hall–Kier alpha value is -1.85. The first-order chi connectivity index (χ1) is 9.99. The molecule has 2 aromatic carbocycles. The molecule has 0 unspecified atom stereocenters. The van der Waals surface area contributed by atoms with Gasteiger partial charge >= 0.3 is 0 Å². The van der Waals surface area contributed by atoms with Gasteiger partial charge in [0.15, 0.2) is 9.84 Å². The maximum atomic E-state index is 11.8. The van der Waals surface area contributed by atoms with Crippen LogP contribution in [0.3, 0.4) is 0 Å². The standard InChI is InChI=1S/C16H20N2O2S/c1-3-21(19,20)15-10-8-14(9-11-15)18(2)16-7-5-4-6-13(16)12-17/h4-11H,3,12,17H2,1-2H3. The van der Waals surface area contributed by atoms with Crippen LogP contribution >= 0.6 is 0 Å². The third kappa shape index (κ3) is 3.25. The van der Waals surface area contributed by atoms with Gasteiger partial charge in [0, 0.05) is 25.0 Å². The lowest BCUT2D eigenvalue weighted by atomic mass is 10.1. The summed E-state index contributed by atoms with van der Waals surface area (Å²) < 4.78 is 23.6. The lowest BCUT2D eigenvalue weighted by molar-refractivity contribution is 0.597. The molecular formula is C16H20N2O2S. The minimum absolute atomic E-state index is 0.109. The van der Waals surface area contributed by atoms with Crippen molar-refractivity contribution in [2.45, 2.75) is 18.4 Å². The number of para-hydroxylation sites is 1. The molecule has 21 heavy (non-hydrogen) atoms. The monoisotopic (exact) mass is 304 g/mol. The van der Waals surface area contributed by atoms with Crippen LogP contribution in [0.4, 0.5) is 11.4 Å².